The van der Waals surface area contributed by atoms with E-state index in [-0.39, 0.29) is 16.8 Å². The first-order valence-electron chi connectivity index (χ1n) is 3.51. The van der Waals surface area contributed by atoms with Gasteiger partial charge in [-0.05, 0) is 23.7 Å². The molecule has 0 fully saturated rings. The van der Waals surface area contributed by atoms with Gasteiger partial charge in [0.05, 0.1) is 22.9 Å². The molecule has 1 N–H and O–H groups in total. The number of rotatable bonds is 2. The Labute approximate surface area is 78.6 Å². The molecule has 1 aromatic carbocycles. The van der Waals surface area contributed by atoms with Crippen molar-refractivity contribution in [2.75, 3.05) is 0 Å². The highest BCUT2D eigenvalue weighted by Crippen LogP contribution is 2.20. The first-order chi connectivity index (χ1) is 6.69. The molecule has 0 atom stereocenters. The lowest BCUT2D eigenvalue weighted by molar-refractivity contribution is 0.0698. The smallest absolute Gasteiger partial charge is 0.336 e. The molecule has 0 aliphatic rings. The molecule has 0 radical (unpaired) electrons. The third kappa shape index (κ3) is 1.80. The van der Waals surface area contributed by atoms with Gasteiger partial charge in [-0.1, -0.05) is 5.11 Å². The third-order valence-corrected chi connectivity index (χ3v) is 1.51. The van der Waals surface area contributed by atoms with Crippen LogP contribution in [0.3, 0.4) is 0 Å². The van der Waals surface area contributed by atoms with E-state index in [9.17, 15) is 4.79 Å². The first-order valence-corrected chi connectivity index (χ1v) is 3.51. The molecule has 1 rings (SSSR count). The van der Waals surface area contributed by atoms with Gasteiger partial charge in [0, 0.05) is 4.91 Å². The lowest BCUT2D eigenvalue weighted by Gasteiger charge is -1.98. The number of hydrogen-bond donors (Lipinski definition) is 1. The molecule has 0 amide bonds. The Morgan fingerprint density at radius 3 is 2.86 bits per heavy atom. The normalized spacial score (nSPS) is 8.50. The van der Waals surface area contributed by atoms with E-state index >= 15 is 0 Å². The average Bonchev–Trinajstić information content (AvgIpc) is 2.17. The van der Waals surface area contributed by atoms with E-state index in [1.54, 1.807) is 0 Å². The number of carboxylic acids is 1. The molecule has 0 spiro atoms. The molecular weight excluding hydrogens is 184 g/mol. The summed E-state index contributed by atoms with van der Waals surface area (Å²) in [6.07, 6.45) is 0. The highest BCUT2D eigenvalue weighted by Gasteiger charge is 2.08. The van der Waals surface area contributed by atoms with Gasteiger partial charge in [0.2, 0.25) is 0 Å². The number of carbonyl (C=O) groups is 1. The number of nitrogens with zero attached hydrogens (tertiary/aromatic N) is 4. The first kappa shape index (κ1) is 9.58. The second-order valence-electron chi connectivity index (χ2n) is 2.34. The van der Waals surface area contributed by atoms with Crippen LogP contribution in [0.25, 0.3) is 10.4 Å². The largest absolute Gasteiger partial charge is 0.478 e. The minimum absolute atomic E-state index is 0.0564. The molecule has 0 saturated carbocycles. The number of aromatic carboxylic acids is 1. The van der Waals surface area contributed by atoms with Crippen LogP contribution in [-0.2, 0) is 0 Å². The summed E-state index contributed by atoms with van der Waals surface area (Å²) in [6.45, 7) is 0. The van der Waals surface area contributed by atoms with Crippen LogP contribution in [-0.4, -0.2) is 11.1 Å². The fraction of sp³-hybridized carbons (Fsp3) is 0. The predicted molar refractivity (Wildman–Crippen MR) is 46.9 cm³/mol. The minimum atomic E-state index is -1.20. The van der Waals surface area contributed by atoms with Gasteiger partial charge in [-0.15, -0.1) is 0 Å². The summed E-state index contributed by atoms with van der Waals surface area (Å²) in [5.41, 5.74) is 8.24. The Hall–Kier alpha value is -2.51. The SMILES string of the molecule is N#Cc1ccc(C(=O)O)c(N=[N+]=[N-])c1. The summed E-state index contributed by atoms with van der Waals surface area (Å²) in [6, 6.07) is 5.62. The number of hydrogen-bond acceptors (Lipinski definition) is 3. The molecule has 68 valence electrons. The van der Waals surface area contributed by atoms with Crippen molar-refractivity contribution in [1.29, 1.82) is 5.26 Å². The van der Waals surface area contributed by atoms with Crippen molar-refractivity contribution in [2.45, 2.75) is 0 Å². The second-order valence-corrected chi connectivity index (χ2v) is 2.34. The molecule has 6 nitrogen and oxygen atoms in total. The highest BCUT2D eigenvalue weighted by atomic mass is 16.4. The number of benzene rings is 1. The van der Waals surface area contributed by atoms with E-state index in [2.05, 4.69) is 10.0 Å². The van der Waals surface area contributed by atoms with Crippen molar-refractivity contribution >= 4 is 11.7 Å². The van der Waals surface area contributed by atoms with Crippen LogP contribution >= 0.6 is 0 Å². The Kier molecular flexibility index (Phi) is 2.69. The van der Waals surface area contributed by atoms with Crippen LogP contribution in [0.2, 0.25) is 0 Å². The average molecular weight is 188 g/mol. The maximum atomic E-state index is 10.6. The predicted octanol–water partition coefficient (Wildman–Crippen LogP) is 2.20. The van der Waals surface area contributed by atoms with Gasteiger partial charge in [0.25, 0.3) is 0 Å². The number of nitriles is 1. The fourth-order valence-electron chi connectivity index (χ4n) is 0.913. The van der Waals surface area contributed by atoms with E-state index in [1.807, 2.05) is 6.07 Å². The highest BCUT2D eigenvalue weighted by molar-refractivity contribution is 5.93. The van der Waals surface area contributed by atoms with Gasteiger partial charge < -0.3 is 5.11 Å². The zero-order chi connectivity index (χ0) is 10.6. The summed E-state index contributed by atoms with van der Waals surface area (Å²) >= 11 is 0. The summed E-state index contributed by atoms with van der Waals surface area (Å²) in [7, 11) is 0. The fourth-order valence-corrected chi connectivity index (χ4v) is 0.913. The van der Waals surface area contributed by atoms with Gasteiger partial charge >= 0.3 is 5.97 Å². The Balaban J connectivity index is 3.39. The Morgan fingerprint density at radius 2 is 2.36 bits per heavy atom. The quantitative estimate of drug-likeness (QED) is 0.436. The van der Waals surface area contributed by atoms with Crippen LogP contribution in [0, 0.1) is 11.3 Å². The summed E-state index contributed by atoms with van der Waals surface area (Å²) < 4.78 is 0. The topological polar surface area (TPSA) is 110 Å². The number of azide groups is 1. The van der Waals surface area contributed by atoms with Crippen molar-refractivity contribution in [1.82, 2.24) is 0 Å². The van der Waals surface area contributed by atoms with Crippen molar-refractivity contribution in [2.24, 2.45) is 5.11 Å². The van der Waals surface area contributed by atoms with Gasteiger partial charge in [-0.25, -0.2) is 4.79 Å². The van der Waals surface area contributed by atoms with Crippen molar-refractivity contribution < 1.29 is 9.90 Å². The number of carboxylic acid groups (broad SMARTS) is 1. The Morgan fingerprint density at radius 1 is 1.64 bits per heavy atom. The van der Waals surface area contributed by atoms with Gasteiger partial charge in [0.15, 0.2) is 0 Å². The lowest BCUT2D eigenvalue weighted by atomic mass is 10.1. The summed E-state index contributed by atoms with van der Waals surface area (Å²) in [4.78, 5) is 13.1. The molecule has 1 aromatic rings. The van der Waals surface area contributed by atoms with Crippen molar-refractivity contribution in [3.63, 3.8) is 0 Å². The van der Waals surface area contributed by atoms with Crippen LogP contribution in [0.5, 0.6) is 0 Å². The van der Waals surface area contributed by atoms with Gasteiger partial charge in [-0.3, -0.25) is 0 Å². The van der Waals surface area contributed by atoms with E-state index in [0.29, 0.717) is 0 Å². The monoisotopic (exact) mass is 188 g/mol. The molecule has 14 heavy (non-hydrogen) atoms. The van der Waals surface area contributed by atoms with Crippen LogP contribution in [0.4, 0.5) is 5.69 Å². The molecule has 0 unspecified atom stereocenters. The Bertz CT molecular complexity index is 469. The summed E-state index contributed by atoms with van der Waals surface area (Å²) in [5.74, 6) is -1.20. The van der Waals surface area contributed by atoms with E-state index in [1.165, 1.54) is 18.2 Å². The van der Waals surface area contributed by atoms with E-state index in [0.717, 1.165) is 0 Å². The maximum absolute atomic E-state index is 10.6. The lowest BCUT2D eigenvalue weighted by Crippen LogP contribution is -1.96. The second kappa shape index (κ2) is 3.94. The van der Waals surface area contributed by atoms with Crippen LogP contribution in [0.15, 0.2) is 23.3 Å². The minimum Gasteiger partial charge on any atom is -0.478 e. The van der Waals surface area contributed by atoms with Crippen molar-refractivity contribution in [3.05, 3.63) is 39.8 Å². The molecule has 6 heteroatoms. The zero-order valence-corrected chi connectivity index (χ0v) is 6.88. The van der Waals surface area contributed by atoms with Crippen LogP contribution < -0.4 is 0 Å². The standard InChI is InChI=1S/C8H4N4O2/c9-4-5-1-2-6(8(13)14)7(3-5)11-12-10/h1-3H,(H,13,14). The van der Waals surface area contributed by atoms with Gasteiger partial charge in [-0.2, -0.15) is 5.26 Å². The molecule has 0 bridgehead atoms. The van der Waals surface area contributed by atoms with Crippen molar-refractivity contribution in [3.8, 4) is 6.07 Å². The van der Waals surface area contributed by atoms with Gasteiger partial charge in [0.1, 0.15) is 0 Å². The zero-order valence-electron chi connectivity index (χ0n) is 6.88. The molecular formula is C8H4N4O2. The summed E-state index contributed by atoms with van der Waals surface area (Å²) in [5, 5.41) is 20.4. The molecule has 0 heterocycles. The molecule has 0 aliphatic heterocycles. The maximum Gasteiger partial charge on any atom is 0.336 e. The molecule has 0 aromatic heterocycles. The molecule has 0 aliphatic carbocycles. The van der Waals surface area contributed by atoms with Crippen LogP contribution in [0.1, 0.15) is 15.9 Å². The van der Waals surface area contributed by atoms with E-state index in [4.69, 9.17) is 15.9 Å². The van der Waals surface area contributed by atoms with E-state index < -0.39 is 5.97 Å². The third-order valence-electron chi connectivity index (χ3n) is 1.51. The molecule has 0 saturated heterocycles.